The van der Waals surface area contributed by atoms with Crippen LogP contribution in [-0.4, -0.2) is 15.0 Å². The number of hydrogen-bond donors (Lipinski definition) is 2. The maximum atomic E-state index is 5.90. The van der Waals surface area contributed by atoms with Gasteiger partial charge in [-0.2, -0.15) is 0 Å². The zero-order valence-electron chi connectivity index (χ0n) is 14.9. The van der Waals surface area contributed by atoms with Gasteiger partial charge in [0.25, 0.3) is 0 Å². The number of pyridine rings is 1. The Hall–Kier alpha value is -2.53. The summed E-state index contributed by atoms with van der Waals surface area (Å²) in [7, 11) is 0. The zero-order chi connectivity index (χ0) is 17.6. The summed E-state index contributed by atoms with van der Waals surface area (Å²) in [5, 5.41) is 4.44. The van der Waals surface area contributed by atoms with Crippen molar-refractivity contribution in [2.75, 3.05) is 5.73 Å². The van der Waals surface area contributed by atoms with Crippen LogP contribution in [-0.2, 0) is 18.5 Å². The molecule has 5 heteroatoms. The number of hydrogen-bond acceptors (Lipinski definition) is 5. The molecule has 1 aliphatic heterocycles. The molecule has 0 saturated heterocycles. The predicted molar refractivity (Wildman–Crippen MR) is 101 cm³/mol. The fourth-order valence-corrected chi connectivity index (χ4v) is 3.16. The molecular weight excluding hydrogens is 310 g/mol. The number of nitrogens with zero attached hydrogens (tertiary/aromatic N) is 3. The van der Waals surface area contributed by atoms with E-state index in [1.54, 1.807) is 6.20 Å². The summed E-state index contributed by atoms with van der Waals surface area (Å²) in [6.45, 7) is 8.20. The summed E-state index contributed by atoms with van der Waals surface area (Å²) in [6, 6.07) is 8.21. The Morgan fingerprint density at radius 3 is 2.80 bits per heavy atom. The van der Waals surface area contributed by atoms with Crippen molar-refractivity contribution in [3.05, 3.63) is 47.5 Å². The van der Waals surface area contributed by atoms with Crippen molar-refractivity contribution in [1.29, 1.82) is 0 Å². The minimum Gasteiger partial charge on any atom is -0.397 e. The van der Waals surface area contributed by atoms with Crippen LogP contribution in [0.25, 0.3) is 22.2 Å². The van der Waals surface area contributed by atoms with Crippen molar-refractivity contribution in [3.63, 3.8) is 0 Å². The lowest BCUT2D eigenvalue weighted by molar-refractivity contribution is 0.471. The molecule has 0 saturated carbocycles. The van der Waals surface area contributed by atoms with Crippen LogP contribution in [0, 0.1) is 0 Å². The first kappa shape index (κ1) is 16.0. The molecule has 5 nitrogen and oxygen atoms in total. The highest BCUT2D eigenvalue weighted by atomic mass is 15.0. The van der Waals surface area contributed by atoms with Crippen molar-refractivity contribution < 1.29 is 0 Å². The molecule has 0 fully saturated rings. The molecule has 0 bridgehead atoms. The normalized spacial score (nSPS) is 14.0. The maximum Gasteiger partial charge on any atom is 0.134 e. The van der Waals surface area contributed by atoms with E-state index in [4.69, 9.17) is 15.7 Å². The molecule has 25 heavy (non-hydrogen) atoms. The number of nitrogens with two attached hydrogens (primary N) is 1. The lowest BCUT2D eigenvalue weighted by Crippen LogP contribution is -2.21. The van der Waals surface area contributed by atoms with Crippen molar-refractivity contribution in [1.82, 2.24) is 20.3 Å². The summed E-state index contributed by atoms with van der Waals surface area (Å²) in [6.07, 6.45) is 2.69. The van der Waals surface area contributed by atoms with Gasteiger partial charge >= 0.3 is 0 Å². The van der Waals surface area contributed by atoms with E-state index in [1.165, 1.54) is 5.56 Å². The lowest BCUT2D eigenvalue weighted by Gasteiger charge is -2.22. The Kier molecular flexibility index (Phi) is 3.69. The first-order valence-corrected chi connectivity index (χ1v) is 8.74. The third kappa shape index (κ3) is 2.74. The van der Waals surface area contributed by atoms with Gasteiger partial charge < -0.3 is 11.1 Å². The van der Waals surface area contributed by atoms with Gasteiger partial charge in [0.05, 0.1) is 28.8 Å². The van der Waals surface area contributed by atoms with E-state index >= 15 is 0 Å². The summed E-state index contributed by atoms with van der Waals surface area (Å²) < 4.78 is 0. The van der Waals surface area contributed by atoms with Gasteiger partial charge in [-0.25, -0.2) is 9.97 Å². The highest BCUT2D eigenvalue weighted by Crippen LogP contribution is 2.32. The van der Waals surface area contributed by atoms with E-state index in [9.17, 15) is 0 Å². The average Bonchev–Trinajstić information content (AvgIpc) is 3.08. The van der Waals surface area contributed by atoms with Crippen LogP contribution in [0.5, 0.6) is 0 Å². The Bertz CT molecular complexity index is 962. The summed E-state index contributed by atoms with van der Waals surface area (Å²) in [5.41, 5.74) is 11.9. The molecule has 0 atom stereocenters. The number of nitrogen functional groups attached to an aromatic ring is 1. The zero-order valence-corrected chi connectivity index (χ0v) is 14.9. The van der Waals surface area contributed by atoms with Crippen LogP contribution in [0.4, 0.5) is 5.69 Å². The molecule has 0 aliphatic carbocycles. The highest BCUT2D eigenvalue weighted by Gasteiger charge is 2.27. The molecule has 0 radical (unpaired) electrons. The number of fused-ring (bicyclic) bond motifs is 2. The number of anilines is 1. The van der Waals surface area contributed by atoms with Crippen LogP contribution in [0.15, 0.2) is 30.5 Å². The molecule has 0 amide bonds. The van der Waals surface area contributed by atoms with Crippen LogP contribution >= 0.6 is 0 Å². The summed E-state index contributed by atoms with van der Waals surface area (Å²) in [5.74, 6) is 0.915. The highest BCUT2D eigenvalue weighted by molar-refractivity contribution is 5.86. The van der Waals surface area contributed by atoms with E-state index < -0.39 is 0 Å². The number of aromatic nitrogens is 3. The molecular formula is C20H23N5. The SMILES string of the molecule is CCC(C)(C)c1nc2c(c(-c3ccc4ncc(N)cc4c3)n1)CNC2. The minimum absolute atomic E-state index is 0.0464. The largest absolute Gasteiger partial charge is 0.397 e. The number of nitrogens with one attached hydrogen (secondary N) is 1. The molecule has 1 aliphatic rings. The lowest BCUT2D eigenvalue weighted by atomic mass is 9.88. The molecule has 128 valence electrons. The Labute approximate surface area is 147 Å². The van der Waals surface area contributed by atoms with Crippen molar-refractivity contribution >= 4 is 16.6 Å². The van der Waals surface area contributed by atoms with Crippen molar-refractivity contribution in [2.24, 2.45) is 0 Å². The molecule has 3 heterocycles. The van der Waals surface area contributed by atoms with Crippen LogP contribution in [0.2, 0.25) is 0 Å². The van der Waals surface area contributed by atoms with Crippen LogP contribution in [0.1, 0.15) is 44.3 Å². The molecule has 3 N–H and O–H groups in total. The van der Waals surface area contributed by atoms with Gasteiger partial charge in [-0.3, -0.25) is 4.98 Å². The van der Waals surface area contributed by atoms with E-state index in [0.717, 1.165) is 53.2 Å². The van der Waals surface area contributed by atoms with E-state index in [2.05, 4.69) is 43.2 Å². The predicted octanol–water partition coefficient (Wildman–Crippen LogP) is 3.56. The van der Waals surface area contributed by atoms with Crippen molar-refractivity contribution in [3.8, 4) is 11.3 Å². The molecule has 4 rings (SSSR count). The van der Waals surface area contributed by atoms with Gasteiger partial charge in [0.15, 0.2) is 0 Å². The fraction of sp³-hybridized carbons (Fsp3) is 0.350. The van der Waals surface area contributed by atoms with Gasteiger partial charge in [-0.15, -0.1) is 0 Å². The smallest absolute Gasteiger partial charge is 0.134 e. The topological polar surface area (TPSA) is 76.7 Å². The molecule has 0 unspecified atom stereocenters. The minimum atomic E-state index is -0.0464. The number of benzene rings is 1. The van der Waals surface area contributed by atoms with Gasteiger partial charge in [-0.05, 0) is 24.6 Å². The monoisotopic (exact) mass is 333 g/mol. The Balaban J connectivity index is 1.92. The average molecular weight is 333 g/mol. The summed E-state index contributed by atoms with van der Waals surface area (Å²) >= 11 is 0. The van der Waals surface area contributed by atoms with Gasteiger partial charge in [0, 0.05) is 35.0 Å². The Morgan fingerprint density at radius 2 is 2.00 bits per heavy atom. The third-order valence-corrected chi connectivity index (χ3v) is 5.15. The van der Waals surface area contributed by atoms with E-state index in [0.29, 0.717) is 5.69 Å². The Morgan fingerprint density at radius 1 is 1.16 bits per heavy atom. The van der Waals surface area contributed by atoms with Gasteiger partial charge in [-0.1, -0.05) is 26.8 Å². The standard InChI is InChI=1S/C20H23N5/c1-4-20(2,3)19-24-17-11-22-10-15(17)18(25-19)12-5-6-16-13(7-12)8-14(21)9-23-16/h5-9,22H,4,10-11,21H2,1-3H3. The maximum absolute atomic E-state index is 5.90. The summed E-state index contributed by atoms with van der Waals surface area (Å²) in [4.78, 5) is 14.2. The molecule has 0 spiro atoms. The van der Waals surface area contributed by atoms with E-state index in [-0.39, 0.29) is 5.41 Å². The van der Waals surface area contributed by atoms with Gasteiger partial charge in [0.1, 0.15) is 5.82 Å². The second kappa shape index (κ2) is 5.77. The second-order valence-corrected chi connectivity index (χ2v) is 7.34. The van der Waals surface area contributed by atoms with Crippen molar-refractivity contribution in [2.45, 2.75) is 45.7 Å². The quantitative estimate of drug-likeness (QED) is 0.766. The van der Waals surface area contributed by atoms with Gasteiger partial charge in [0.2, 0.25) is 0 Å². The first-order valence-electron chi connectivity index (χ1n) is 8.74. The number of rotatable bonds is 3. The first-order chi connectivity index (χ1) is 12.0. The van der Waals surface area contributed by atoms with Crippen LogP contribution < -0.4 is 11.1 Å². The fourth-order valence-electron chi connectivity index (χ4n) is 3.16. The molecule has 1 aromatic carbocycles. The molecule has 2 aromatic heterocycles. The molecule has 3 aromatic rings. The van der Waals surface area contributed by atoms with E-state index in [1.807, 2.05) is 12.1 Å². The third-order valence-electron chi connectivity index (χ3n) is 5.15. The second-order valence-electron chi connectivity index (χ2n) is 7.34. The van der Waals surface area contributed by atoms with Crippen LogP contribution in [0.3, 0.4) is 0 Å².